The zero-order valence-corrected chi connectivity index (χ0v) is 10.9. The first kappa shape index (κ1) is 12.1. The molecule has 3 heteroatoms. The minimum atomic E-state index is 0.397. The molecule has 0 amide bonds. The maximum absolute atomic E-state index is 4.32. The molecule has 0 atom stereocenters. The maximum atomic E-state index is 4.32. The Hall–Kier alpha value is -1.35. The van der Waals surface area contributed by atoms with Crippen LogP contribution in [0, 0.1) is 5.41 Å². The van der Waals surface area contributed by atoms with E-state index in [0.29, 0.717) is 5.41 Å². The Morgan fingerprint density at radius 3 is 2.88 bits per heavy atom. The highest BCUT2D eigenvalue weighted by Crippen LogP contribution is 2.17. The number of hydrogen-bond donors (Lipinski definition) is 1. The quantitative estimate of drug-likeness (QED) is 0.820. The van der Waals surface area contributed by atoms with Crippen molar-refractivity contribution >= 4 is 5.52 Å². The second-order valence-corrected chi connectivity index (χ2v) is 5.69. The summed E-state index contributed by atoms with van der Waals surface area (Å²) < 4.78 is 1.92. The van der Waals surface area contributed by atoms with Gasteiger partial charge in [-0.3, -0.25) is 0 Å². The van der Waals surface area contributed by atoms with Gasteiger partial charge in [-0.25, -0.2) is 4.52 Å². The molecule has 0 aliphatic heterocycles. The molecule has 17 heavy (non-hydrogen) atoms. The molecule has 2 aromatic rings. The van der Waals surface area contributed by atoms with Crippen molar-refractivity contribution in [3.8, 4) is 0 Å². The van der Waals surface area contributed by atoms with Crippen LogP contribution in [-0.2, 0) is 6.54 Å². The van der Waals surface area contributed by atoms with Gasteiger partial charge >= 0.3 is 0 Å². The van der Waals surface area contributed by atoms with Gasteiger partial charge in [-0.1, -0.05) is 26.8 Å². The van der Waals surface area contributed by atoms with Crippen LogP contribution in [0.15, 0.2) is 30.6 Å². The molecular weight excluding hydrogens is 210 g/mol. The van der Waals surface area contributed by atoms with E-state index in [1.165, 1.54) is 17.5 Å². The molecule has 2 rings (SSSR count). The van der Waals surface area contributed by atoms with E-state index in [1.54, 1.807) is 0 Å². The first-order valence-corrected chi connectivity index (χ1v) is 6.18. The van der Waals surface area contributed by atoms with E-state index in [1.807, 2.05) is 23.0 Å². The molecule has 0 saturated heterocycles. The van der Waals surface area contributed by atoms with Crippen LogP contribution in [0.3, 0.4) is 0 Å². The molecule has 0 bridgehead atoms. The third-order valence-corrected chi connectivity index (χ3v) is 2.87. The van der Waals surface area contributed by atoms with Crippen LogP contribution in [0.1, 0.15) is 32.8 Å². The number of pyridine rings is 1. The summed E-state index contributed by atoms with van der Waals surface area (Å²) in [5.74, 6) is 0. The first-order valence-electron chi connectivity index (χ1n) is 6.18. The number of fused-ring (bicyclic) bond motifs is 1. The normalized spacial score (nSPS) is 12.2. The molecule has 2 heterocycles. The van der Waals surface area contributed by atoms with Gasteiger partial charge in [-0.15, -0.1) is 0 Å². The average molecular weight is 231 g/mol. The minimum absolute atomic E-state index is 0.397. The van der Waals surface area contributed by atoms with Crippen LogP contribution in [0.4, 0.5) is 0 Å². The average Bonchev–Trinajstić information content (AvgIpc) is 2.67. The van der Waals surface area contributed by atoms with E-state index in [0.717, 1.165) is 13.1 Å². The molecule has 3 nitrogen and oxygen atoms in total. The number of nitrogens with zero attached hydrogens (tertiary/aromatic N) is 2. The lowest BCUT2D eigenvalue weighted by molar-refractivity contribution is 0.367. The predicted molar refractivity (Wildman–Crippen MR) is 71.0 cm³/mol. The highest BCUT2D eigenvalue weighted by Gasteiger charge is 2.09. The second kappa shape index (κ2) is 4.88. The minimum Gasteiger partial charge on any atom is -0.313 e. The molecule has 0 aliphatic carbocycles. The largest absolute Gasteiger partial charge is 0.313 e. The molecule has 0 saturated carbocycles. The van der Waals surface area contributed by atoms with Gasteiger partial charge in [0.05, 0.1) is 11.7 Å². The van der Waals surface area contributed by atoms with Crippen molar-refractivity contribution in [2.24, 2.45) is 5.41 Å². The molecule has 0 fully saturated rings. The summed E-state index contributed by atoms with van der Waals surface area (Å²) in [7, 11) is 0. The third-order valence-electron chi connectivity index (χ3n) is 2.87. The standard InChI is InChI=1S/C14H21N3/c1-14(2,3)7-8-15-10-12-11-16-17-9-5-4-6-13(12)17/h4-6,9,11,15H,7-8,10H2,1-3H3. The van der Waals surface area contributed by atoms with Crippen LogP contribution >= 0.6 is 0 Å². The highest BCUT2D eigenvalue weighted by molar-refractivity contribution is 5.53. The van der Waals surface area contributed by atoms with Crippen LogP contribution in [0.2, 0.25) is 0 Å². The lowest BCUT2D eigenvalue weighted by atomic mass is 9.92. The molecule has 92 valence electrons. The maximum Gasteiger partial charge on any atom is 0.0706 e. The third kappa shape index (κ3) is 3.30. The van der Waals surface area contributed by atoms with E-state index >= 15 is 0 Å². The molecular formula is C14H21N3. The SMILES string of the molecule is CC(C)(C)CCNCc1cnn2ccccc12. The summed E-state index contributed by atoms with van der Waals surface area (Å²) in [6.07, 6.45) is 5.11. The number of hydrogen-bond acceptors (Lipinski definition) is 2. The fourth-order valence-electron chi connectivity index (χ4n) is 1.81. The molecule has 0 radical (unpaired) electrons. The van der Waals surface area contributed by atoms with Crippen molar-refractivity contribution in [1.82, 2.24) is 14.9 Å². The lowest BCUT2D eigenvalue weighted by Gasteiger charge is -2.17. The fraction of sp³-hybridized carbons (Fsp3) is 0.500. The van der Waals surface area contributed by atoms with Crippen LogP contribution in [0.5, 0.6) is 0 Å². The summed E-state index contributed by atoms with van der Waals surface area (Å²) >= 11 is 0. The van der Waals surface area contributed by atoms with Gasteiger partial charge in [0.2, 0.25) is 0 Å². The van der Waals surface area contributed by atoms with Crippen molar-refractivity contribution in [3.05, 3.63) is 36.2 Å². The van der Waals surface area contributed by atoms with E-state index in [-0.39, 0.29) is 0 Å². The monoisotopic (exact) mass is 231 g/mol. The van der Waals surface area contributed by atoms with Crippen molar-refractivity contribution in [2.75, 3.05) is 6.54 Å². The van der Waals surface area contributed by atoms with E-state index in [2.05, 4.69) is 43.3 Å². The fourth-order valence-corrected chi connectivity index (χ4v) is 1.81. The Balaban J connectivity index is 1.91. The Bertz CT molecular complexity index is 479. The van der Waals surface area contributed by atoms with Gasteiger partial charge in [0.25, 0.3) is 0 Å². The van der Waals surface area contributed by atoms with Gasteiger partial charge in [-0.05, 0) is 30.5 Å². The Morgan fingerprint density at radius 2 is 2.12 bits per heavy atom. The number of aromatic nitrogens is 2. The number of nitrogens with one attached hydrogen (secondary N) is 1. The topological polar surface area (TPSA) is 29.3 Å². The molecule has 2 aromatic heterocycles. The Morgan fingerprint density at radius 1 is 1.29 bits per heavy atom. The highest BCUT2D eigenvalue weighted by atomic mass is 15.2. The molecule has 0 aliphatic rings. The van der Waals surface area contributed by atoms with E-state index in [9.17, 15) is 0 Å². The lowest BCUT2D eigenvalue weighted by Crippen LogP contribution is -2.20. The summed E-state index contributed by atoms with van der Waals surface area (Å²) in [6.45, 7) is 8.75. The smallest absolute Gasteiger partial charge is 0.0706 e. The molecule has 0 aromatic carbocycles. The van der Waals surface area contributed by atoms with E-state index in [4.69, 9.17) is 0 Å². The van der Waals surface area contributed by atoms with Crippen LogP contribution < -0.4 is 5.32 Å². The summed E-state index contributed by atoms with van der Waals surface area (Å²) in [6, 6.07) is 6.15. The first-order chi connectivity index (χ1) is 8.06. The van der Waals surface area contributed by atoms with Crippen molar-refractivity contribution < 1.29 is 0 Å². The van der Waals surface area contributed by atoms with Crippen LogP contribution in [0.25, 0.3) is 5.52 Å². The van der Waals surface area contributed by atoms with Crippen molar-refractivity contribution in [2.45, 2.75) is 33.7 Å². The zero-order chi connectivity index (χ0) is 12.3. The van der Waals surface area contributed by atoms with Gasteiger partial charge in [0, 0.05) is 18.3 Å². The van der Waals surface area contributed by atoms with Gasteiger partial charge in [0.1, 0.15) is 0 Å². The van der Waals surface area contributed by atoms with Crippen LogP contribution in [-0.4, -0.2) is 16.2 Å². The Labute approximate surface area is 103 Å². The molecule has 0 unspecified atom stereocenters. The van der Waals surface area contributed by atoms with E-state index < -0.39 is 0 Å². The Kier molecular flexibility index (Phi) is 3.48. The second-order valence-electron chi connectivity index (χ2n) is 5.69. The molecule has 0 spiro atoms. The summed E-state index contributed by atoms with van der Waals surface area (Å²) in [5, 5.41) is 7.81. The van der Waals surface area contributed by atoms with Crippen molar-refractivity contribution in [3.63, 3.8) is 0 Å². The van der Waals surface area contributed by atoms with Gasteiger partial charge < -0.3 is 5.32 Å². The summed E-state index contributed by atoms with van der Waals surface area (Å²) in [4.78, 5) is 0. The van der Waals surface area contributed by atoms with Crippen molar-refractivity contribution in [1.29, 1.82) is 0 Å². The van der Waals surface area contributed by atoms with Gasteiger partial charge in [-0.2, -0.15) is 5.10 Å². The summed E-state index contributed by atoms with van der Waals surface area (Å²) in [5.41, 5.74) is 2.85. The zero-order valence-electron chi connectivity index (χ0n) is 10.9. The number of rotatable bonds is 4. The molecule has 1 N–H and O–H groups in total. The van der Waals surface area contributed by atoms with Gasteiger partial charge in [0.15, 0.2) is 0 Å². The predicted octanol–water partition coefficient (Wildman–Crippen LogP) is 2.86.